The molecule has 1 saturated carbocycles. The molecule has 0 saturated heterocycles. The van der Waals surface area contributed by atoms with Crippen molar-refractivity contribution in [1.82, 2.24) is 5.32 Å². The van der Waals surface area contributed by atoms with Gasteiger partial charge < -0.3 is 10.1 Å². The zero-order valence-electron chi connectivity index (χ0n) is 12.1. The number of hydrogen-bond donors (Lipinski definition) is 1. The molecule has 1 aromatic carbocycles. The lowest BCUT2D eigenvalue weighted by atomic mass is 9.86. The molecule has 1 N–H and O–H groups in total. The number of nitrogens with one attached hydrogen (secondary N) is 1. The maximum absolute atomic E-state index is 11.9. The molecule has 2 atom stereocenters. The molecule has 6 nitrogen and oxygen atoms in total. The second-order valence-electron chi connectivity index (χ2n) is 5.48. The average Bonchev–Trinajstić information content (AvgIpc) is 2.48. The largest absolute Gasteiger partial charge is 0.484 e. The fourth-order valence-electron chi connectivity index (χ4n) is 2.59. The minimum absolute atomic E-state index is 0.00262. The van der Waals surface area contributed by atoms with Crippen LogP contribution in [0.4, 0.5) is 5.69 Å². The van der Waals surface area contributed by atoms with Crippen molar-refractivity contribution in [3.8, 4) is 5.75 Å². The van der Waals surface area contributed by atoms with Gasteiger partial charge in [-0.1, -0.05) is 19.8 Å². The number of ether oxygens (including phenoxy) is 1. The van der Waals surface area contributed by atoms with Crippen LogP contribution in [0, 0.1) is 16.0 Å². The molecule has 1 amide bonds. The molecule has 0 aromatic heterocycles. The first-order valence-electron chi connectivity index (χ1n) is 7.23. The first-order chi connectivity index (χ1) is 10.1. The third-order valence-electron chi connectivity index (χ3n) is 3.88. The van der Waals surface area contributed by atoms with E-state index in [0.717, 1.165) is 19.3 Å². The number of nitro groups is 1. The van der Waals surface area contributed by atoms with Crippen molar-refractivity contribution >= 4 is 11.6 Å². The summed E-state index contributed by atoms with van der Waals surface area (Å²) in [6, 6.07) is 5.93. The van der Waals surface area contributed by atoms with Gasteiger partial charge in [-0.15, -0.1) is 0 Å². The van der Waals surface area contributed by atoms with Gasteiger partial charge in [-0.05, 0) is 30.9 Å². The molecule has 2 rings (SSSR count). The van der Waals surface area contributed by atoms with Crippen LogP contribution in [0.3, 0.4) is 0 Å². The second kappa shape index (κ2) is 7.06. The normalized spacial score (nSPS) is 21.6. The number of benzene rings is 1. The second-order valence-corrected chi connectivity index (χ2v) is 5.48. The molecule has 1 fully saturated rings. The van der Waals surface area contributed by atoms with Crippen molar-refractivity contribution in [1.29, 1.82) is 0 Å². The lowest BCUT2D eigenvalue weighted by Crippen LogP contribution is -2.43. The van der Waals surface area contributed by atoms with E-state index in [1.807, 2.05) is 0 Å². The Labute approximate surface area is 123 Å². The third-order valence-corrected chi connectivity index (χ3v) is 3.88. The van der Waals surface area contributed by atoms with E-state index in [2.05, 4.69) is 12.2 Å². The fraction of sp³-hybridized carbons (Fsp3) is 0.533. The predicted octanol–water partition coefficient (Wildman–Crippen LogP) is 2.67. The van der Waals surface area contributed by atoms with E-state index < -0.39 is 4.92 Å². The Kier molecular flexibility index (Phi) is 5.14. The highest BCUT2D eigenvalue weighted by Gasteiger charge is 2.22. The summed E-state index contributed by atoms with van der Waals surface area (Å²) >= 11 is 0. The number of amides is 1. The number of non-ortho nitro benzene ring substituents is 1. The van der Waals surface area contributed by atoms with Gasteiger partial charge in [0.25, 0.3) is 11.6 Å². The highest BCUT2D eigenvalue weighted by atomic mass is 16.6. The van der Waals surface area contributed by atoms with Crippen LogP contribution in [0.15, 0.2) is 24.3 Å². The van der Waals surface area contributed by atoms with Crippen LogP contribution in [0.5, 0.6) is 5.75 Å². The van der Waals surface area contributed by atoms with Crippen molar-refractivity contribution in [3.05, 3.63) is 34.4 Å². The fourth-order valence-corrected chi connectivity index (χ4v) is 2.59. The van der Waals surface area contributed by atoms with E-state index in [4.69, 9.17) is 4.74 Å². The predicted molar refractivity (Wildman–Crippen MR) is 78.2 cm³/mol. The van der Waals surface area contributed by atoms with Gasteiger partial charge in [0.2, 0.25) is 0 Å². The molecule has 0 spiro atoms. The van der Waals surface area contributed by atoms with E-state index in [1.165, 1.54) is 30.7 Å². The minimum atomic E-state index is -0.471. The van der Waals surface area contributed by atoms with Gasteiger partial charge in [-0.3, -0.25) is 14.9 Å². The SMILES string of the molecule is C[C@@H]1CCCC[C@@H]1NC(=O)COc1ccc([N+](=O)[O-])cc1. The molecule has 114 valence electrons. The van der Waals surface area contributed by atoms with Gasteiger partial charge in [0, 0.05) is 18.2 Å². The lowest BCUT2D eigenvalue weighted by molar-refractivity contribution is -0.384. The zero-order valence-corrected chi connectivity index (χ0v) is 12.1. The molecule has 0 unspecified atom stereocenters. The van der Waals surface area contributed by atoms with Crippen LogP contribution < -0.4 is 10.1 Å². The van der Waals surface area contributed by atoms with Gasteiger partial charge in [0.1, 0.15) is 5.75 Å². The quantitative estimate of drug-likeness (QED) is 0.668. The average molecular weight is 292 g/mol. The summed E-state index contributed by atoms with van der Waals surface area (Å²) in [5, 5.41) is 13.5. The zero-order chi connectivity index (χ0) is 15.2. The Morgan fingerprint density at radius 3 is 2.62 bits per heavy atom. The van der Waals surface area contributed by atoms with E-state index in [1.54, 1.807) is 0 Å². The summed E-state index contributed by atoms with van der Waals surface area (Å²) in [6.45, 7) is 2.09. The standard InChI is InChI=1S/C15H20N2O4/c1-11-4-2-3-5-14(11)16-15(18)10-21-13-8-6-12(7-9-13)17(19)20/h6-9,11,14H,2-5,10H2,1H3,(H,16,18)/t11-,14+/m1/s1. The van der Waals surface area contributed by atoms with E-state index >= 15 is 0 Å². The van der Waals surface area contributed by atoms with Crippen LogP contribution in [-0.4, -0.2) is 23.5 Å². The molecule has 0 bridgehead atoms. The Morgan fingerprint density at radius 1 is 1.33 bits per heavy atom. The Morgan fingerprint density at radius 2 is 2.00 bits per heavy atom. The molecule has 21 heavy (non-hydrogen) atoms. The summed E-state index contributed by atoms with van der Waals surface area (Å²) in [5.41, 5.74) is 0.00262. The first-order valence-corrected chi connectivity index (χ1v) is 7.23. The first kappa shape index (κ1) is 15.3. The Bertz CT molecular complexity index is 501. The molecule has 0 radical (unpaired) electrons. The summed E-state index contributed by atoms with van der Waals surface area (Å²) < 4.78 is 5.34. The Hall–Kier alpha value is -2.11. The highest BCUT2D eigenvalue weighted by Crippen LogP contribution is 2.23. The molecule has 0 aliphatic heterocycles. The topological polar surface area (TPSA) is 81.5 Å². The van der Waals surface area contributed by atoms with Crippen molar-refractivity contribution in [3.63, 3.8) is 0 Å². The van der Waals surface area contributed by atoms with Gasteiger partial charge in [0.15, 0.2) is 6.61 Å². The molecule has 6 heteroatoms. The van der Waals surface area contributed by atoms with E-state index in [-0.39, 0.29) is 24.2 Å². The Balaban J connectivity index is 1.79. The highest BCUT2D eigenvalue weighted by molar-refractivity contribution is 5.77. The minimum Gasteiger partial charge on any atom is -0.484 e. The van der Waals surface area contributed by atoms with Crippen LogP contribution in [-0.2, 0) is 4.79 Å². The summed E-state index contributed by atoms with van der Waals surface area (Å²) in [7, 11) is 0. The number of carbonyl (C=O) groups is 1. The summed E-state index contributed by atoms with van der Waals surface area (Å²) in [5.74, 6) is 0.807. The maximum Gasteiger partial charge on any atom is 0.269 e. The van der Waals surface area contributed by atoms with Crippen LogP contribution in [0.2, 0.25) is 0 Å². The van der Waals surface area contributed by atoms with Crippen LogP contribution >= 0.6 is 0 Å². The molecule has 1 aliphatic carbocycles. The van der Waals surface area contributed by atoms with E-state index in [9.17, 15) is 14.9 Å². The van der Waals surface area contributed by atoms with Crippen molar-refractivity contribution in [2.45, 2.75) is 38.6 Å². The number of nitro benzene ring substituents is 1. The van der Waals surface area contributed by atoms with Crippen molar-refractivity contribution in [2.75, 3.05) is 6.61 Å². The van der Waals surface area contributed by atoms with Crippen molar-refractivity contribution in [2.24, 2.45) is 5.92 Å². The van der Waals surface area contributed by atoms with Gasteiger partial charge in [-0.25, -0.2) is 0 Å². The maximum atomic E-state index is 11.9. The molecular weight excluding hydrogens is 272 g/mol. The molecule has 1 aromatic rings. The van der Waals surface area contributed by atoms with Crippen LogP contribution in [0.25, 0.3) is 0 Å². The lowest BCUT2D eigenvalue weighted by Gasteiger charge is -2.29. The molecule has 0 heterocycles. The summed E-state index contributed by atoms with van der Waals surface area (Å²) in [6.07, 6.45) is 4.55. The third kappa shape index (κ3) is 4.44. The number of hydrogen-bond acceptors (Lipinski definition) is 4. The van der Waals surface area contributed by atoms with Crippen LogP contribution in [0.1, 0.15) is 32.6 Å². The van der Waals surface area contributed by atoms with E-state index in [0.29, 0.717) is 11.7 Å². The van der Waals surface area contributed by atoms with Gasteiger partial charge in [0.05, 0.1) is 4.92 Å². The number of nitrogens with zero attached hydrogens (tertiary/aromatic N) is 1. The number of carbonyl (C=O) groups excluding carboxylic acids is 1. The monoisotopic (exact) mass is 292 g/mol. The number of rotatable bonds is 5. The smallest absolute Gasteiger partial charge is 0.269 e. The van der Waals surface area contributed by atoms with Crippen molar-refractivity contribution < 1.29 is 14.5 Å². The van der Waals surface area contributed by atoms with Gasteiger partial charge in [-0.2, -0.15) is 0 Å². The summed E-state index contributed by atoms with van der Waals surface area (Å²) in [4.78, 5) is 21.9. The molecule has 1 aliphatic rings. The molecular formula is C15H20N2O4. The van der Waals surface area contributed by atoms with Gasteiger partial charge >= 0.3 is 0 Å².